The topological polar surface area (TPSA) is 21.3 Å². The standard InChI is InChI=1S/C15H25NO/c1-4-6-9-16-12-14-11-13(3)7-8-15(14)17-10-5-2/h7-8,11,16H,4-6,9-10,12H2,1-3H3. The number of rotatable bonds is 8. The number of hydrogen-bond acceptors (Lipinski definition) is 2. The van der Waals surface area contributed by atoms with Gasteiger partial charge in [-0.3, -0.25) is 0 Å². The normalized spacial score (nSPS) is 10.5. The Bertz CT molecular complexity index is 323. The monoisotopic (exact) mass is 235 g/mol. The van der Waals surface area contributed by atoms with E-state index in [1.165, 1.54) is 24.0 Å². The predicted molar refractivity (Wildman–Crippen MR) is 73.6 cm³/mol. The van der Waals surface area contributed by atoms with Crippen LogP contribution in [0.15, 0.2) is 18.2 Å². The van der Waals surface area contributed by atoms with Gasteiger partial charge in [-0.2, -0.15) is 0 Å². The highest BCUT2D eigenvalue weighted by atomic mass is 16.5. The maximum atomic E-state index is 5.76. The first-order chi connectivity index (χ1) is 8.27. The Kier molecular flexibility index (Phi) is 6.71. The molecule has 0 saturated carbocycles. The molecule has 2 heteroatoms. The van der Waals surface area contributed by atoms with E-state index >= 15 is 0 Å². The van der Waals surface area contributed by atoms with E-state index in [0.717, 1.165) is 31.9 Å². The van der Waals surface area contributed by atoms with Crippen molar-refractivity contribution in [2.24, 2.45) is 0 Å². The fraction of sp³-hybridized carbons (Fsp3) is 0.600. The number of aryl methyl sites for hydroxylation is 1. The largest absolute Gasteiger partial charge is 0.493 e. The number of unbranched alkanes of at least 4 members (excludes halogenated alkanes) is 1. The molecule has 0 atom stereocenters. The average Bonchev–Trinajstić information content (AvgIpc) is 2.33. The number of benzene rings is 1. The van der Waals surface area contributed by atoms with Gasteiger partial charge in [0.05, 0.1) is 6.61 Å². The third kappa shape index (κ3) is 5.22. The summed E-state index contributed by atoms with van der Waals surface area (Å²) in [6.45, 7) is 9.25. The molecule has 0 aliphatic heterocycles. The van der Waals surface area contributed by atoms with Crippen molar-refractivity contribution < 1.29 is 4.74 Å². The molecule has 1 N–H and O–H groups in total. The van der Waals surface area contributed by atoms with Crippen LogP contribution in [0, 0.1) is 6.92 Å². The molecule has 0 aliphatic carbocycles. The summed E-state index contributed by atoms with van der Waals surface area (Å²) in [6.07, 6.45) is 3.52. The van der Waals surface area contributed by atoms with Gasteiger partial charge in [0.25, 0.3) is 0 Å². The first-order valence-electron chi connectivity index (χ1n) is 6.71. The molecule has 1 rings (SSSR count). The van der Waals surface area contributed by atoms with Gasteiger partial charge in [0.15, 0.2) is 0 Å². The van der Waals surface area contributed by atoms with E-state index in [1.54, 1.807) is 0 Å². The van der Waals surface area contributed by atoms with Crippen LogP contribution in [0.5, 0.6) is 5.75 Å². The van der Waals surface area contributed by atoms with Gasteiger partial charge >= 0.3 is 0 Å². The second-order valence-electron chi connectivity index (χ2n) is 4.49. The van der Waals surface area contributed by atoms with Crippen LogP contribution in [0.3, 0.4) is 0 Å². The molecular weight excluding hydrogens is 210 g/mol. The second kappa shape index (κ2) is 8.13. The fourth-order valence-corrected chi connectivity index (χ4v) is 1.72. The van der Waals surface area contributed by atoms with Crippen LogP contribution in [0.1, 0.15) is 44.2 Å². The van der Waals surface area contributed by atoms with E-state index in [9.17, 15) is 0 Å². The lowest BCUT2D eigenvalue weighted by Gasteiger charge is -2.12. The summed E-state index contributed by atoms with van der Waals surface area (Å²) in [7, 11) is 0. The smallest absolute Gasteiger partial charge is 0.123 e. The quantitative estimate of drug-likeness (QED) is 0.694. The lowest BCUT2D eigenvalue weighted by atomic mass is 10.1. The number of hydrogen-bond donors (Lipinski definition) is 1. The third-order valence-corrected chi connectivity index (χ3v) is 2.70. The van der Waals surface area contributed by atoms with E-state index in [0.29, 0.717) is 0 Å². The lowest BCUT2D eigenvalue weighted by Crippen LogP contribution is -2.15. The van der Waals surface area contributed by atoms with Gasteiger partial charge in [0.2, 0.25) is 0 Å². The Balaban J connectivity index is 2.56. The summed E-state index contributed by atoms with van der Waals surface area (Å²) >= 11 is 0. The van der Waals surface area contributed by atoms with Crippen LogP contribution in [-0.4, -0.2) is 13.2 Å². The van der Waals surface area contributed by atoms with Gasteiger partial charge in [-0.25, -0.2) is 0 Å². The molecule has 0 bridgehead atoms. The molecule has 0 aromatic heterocycles. The van der Waals surface area contributed by atoms with E-state index in [-0.39, 0.29) is 0 Å². The first kappa shape index (κ1) is 14.0. The average molecular weight is 235 g/mol. The molecule has 0 aliphatic rings. The summed E-state index contributed by atoms with van der Waals surface area (Å²) in [6, 6.07) is 6.41. The van der Waals surface area contributed by atoms with E-state index < -0.39 is 0 Å². The molecule has 1 aromatic rings. The van der Waals surface area contributed by atoms with Crippen LogP contribution in [0.4, 0.5) is 0 Å². The predicted octanol–water partition coefficient (Wildman–Crippen LogP) is 3.67. The molecule has 0 spiro atoms. The Morgan fingerprint density at radius 2 is 2.00 bits per heavy atom. The van der Waals surface area contributed by atoms with Crippen LogP contribution >= 0.6 is 0 Å². The van der Waals surface area contributed by atoms with Gasteiger partial charge in [-0.1, -0.05) is 38.0 Å². The van der Waals surface area contributed by atoms with Crippen molar-refractivity contribution in [1.82, 2.24) is 5.32 Å². The second-order valence-corrected chi connectivity index (χ2v) is 4.49. The summed E-state index contributed by atoms with van der Waals surface area (Å²) < 4.78 is 5.76. The zero-order valence-electron chi connectivity index (χ0n) is 11.4. The summed E-state index contributed by atoms with van der Waals surface area (Å²) in [5.41, 5.74) is 2.57. The van der Waals surface area contributed by atoms with Crippen LogP contribution in [0.2, 0.25) is 0 Å². The summed E-state index contributed by atoms with van der Waals surface area (Å²) in [4.78, 5) is 0. The third-order valence-electron chi connectivity index (χ3n) is 2.70. The molecule has 0 amide bonds. The number of nitrogens with one attached hydrogen (secondary N) is 1. The Labute approximate surface area is 105 Å². The van der Waals surface area contributed by atoms with Crippen molar-refractivity contribution in [3.63, 3.8) is 0 Å². The Morgan fingerprint density at radius 3 is 2.71 bits per heavy atom. The number of ether oxygens (including phenoxy) is 1. The molecule has 2 nitrogen and oxygen atoms in total. The van der Waals surface area contributed by atoms with Gasteiger partial charge in [-0.15, -0.1) is 0 Å². The van der Waals surface area contributed by atoms with E-state index in [4.69, 9.17) is 4.74 Å². The molecule has 0 fully saturated rings. The lowest BCUT2D eigenvalue weighted by molar-refractivity contribution is 0.313. The van der Waals surface area contributed by atoms with Crippen LogP contribution in [-0.2, 0) is 6.54 Å². The Hall–Kier alpha value is -1.02. The van der Waals surface area contributed by atoms with Gasteiger partial charge in [-0.05, 0) is 32.4 Å². The van der Waals surface area contributed by atoms with Crippen molar-refractivity contribution in [2.75, 3.05) is 13.2 Å². The van der Waals surface area contributed by atoms with Crippen LogP contribution in [0.25, 0.3) is 0 Å². The summed E-state index contributed by atoms with van der Waals surface area (Å²) in [5, 5.41) is 3.47. The molecule has 96 valence electrons. The van der Waals surface area contributed by atoms with E-state index in [2.05, 4.69) is 44.3 Å². The molecule has 0 heterocycles. The van der Waals surface area contributed by atoms with Crippen molar-refractivity contribution in [3.05, 3.63) is 29.3 Å². The molecule has 1 aromatic carbocycles. The zero-order valence-corrected chi connectivity index (χ0v) is 11.4. The minimum atomic E-state index is 0.797. The molecule has 0 radical (unpaired) electrons. The molecular formula is C15H25NO. The fourth-order valence-electron chi connectivity index (χ4n) is 1.72. The maximum absolute atomic E-state index is 5.76. The first-order valence-corrected chi connectivity index (χ1v) is 6.71. The minimum absolute atomic E-state index is 0.797. The van der Waals surface area contributed by atoms with Gasteiger partial charge < -0.3 is 10.1 Å². The van der Waals surface area contributed by atoms with E-state index in [1.807, 2.05) is 0 Å². The maximum Gasteiger partial charge on any atom is 0.123 e. The van der Waals surface area contributed by atoms with Crippen LogP contribution < -0.4 is 10.1 Å². The molecule has 0 saturated heterocycles. The summed E-state index contributed by atoms with van der Waals surface area (Å²) in [5.74, 6) is 1.03. The zero-order chi connectivity index (χ0) is 12.5. The minimum Gasteiger partial charge on any atom is -0.493 e. The Morgan fingerprint density at radius 1 is 1.18 bits per heavy atom. The van der Waals surface area contributed by atoms with Gasteiger partial charge in [0.1, 0.15) is 5.75 Å². The highest BCUT2D eigenvalue weighted by Gasteiger charge is 2.03. The molecule has 17 heavy (non-hydrogen) atoms. The van der Waals surface area contributed by atoms with Crippen molar-refractivity contribution in [3.8, 4) is 5.75 Å². The van der Waals surface area contributed by atoms with Crippen molar-refractivity contribution in [1.29, 1.82) is 0 Å². The molecule has 0 unspecified atom stereocenters. The van der Waals surface area contributed by atoms with Crippen molar-refractivity contribution >= 4 is 0 Å². The highest BCUT2D eigenvalue weighted by molar-refractivity contribution is 5.36. The SMILES string of the molecule is CCCCNCc1cc(C)ccc1OCCC. The highest BCUT2D eigenvalue weighted by Crippen LogP contribution is 2.20. The van der Waals surface area contributed by atoms with Gasteiger partial charge in [0, 0.05) is 12.1 Å². The van der Waals surface area contributed by atoms with Crippen molar-refractivity contribution in [2.45, 2.75) is 46.6 Å².